The lowest BCUT2D eigenvalue weighted by molar-refractivity contribution is -0.348. The third-order valence-corrected chi connectivity index (χ3v) is 4.05. The summed E-state index contributed by atoms with van der Waals surface area (Å²) in [7, 11) is 0. The van der Waals surface area contributed by atoms with Crippen LogP contribution in [0, 0.1) is 0 Å². The van der Waals surface area contributed by atoms with Gasteiger partial charge < -0.3 is 9.47 Å². The highest BCUT2D eigenvalue weighted by Crippen LogP contribution is 2.29. The molecule has 0 fully saturated rings. The maximum Gasteiger partial charge on any atom is 0.341 e. The minimum Gasteiger partial charge on any atom is -0.462 e. The van der Waals surface area contributed by atoms with E-state index in [1.54, 1.807) is 24.4 Å². The molecule has 124 valence electrons. The maximum atomic E-state index is 12.3. The number of hydrogen-bond acceptors (Lipinski definition) is 3. The second-order valence-electron chi connectivity index (χ2n) is 5.38. The van der Waals surface area contributed by atoms with E-state index in [9.17, 15) is 4.79 Å². The topological polar surface area (TPSA) is 65.5 Å². The molecule has 0 aliphatic rings. The molecule has 6 heteroatoms. The van der Waals surface area contributed by atoms with Crippen molar-refractivity contribution in [1.29, 1.82) is 0 Å². The average molecular weight is 390 g/mol. The SMILES string of the molecule is CCCCOC(=O)c1ccc(Br)cc1Oc1c[nH+]c2[nH]ccc2c1. The Labute approximate surface area is 148 Å². The summed E-state index contributed by atoms with van der Waals surface area (Å²) in [5.74, 6) is 0.689. The van der Waals surface area contributed by atoms with Crippen molar-refractivity contribution in [2.24, 2.45) is 0 Å². The number of carbonyl (C=O) groups excluding carboxylic acids is 1. The van der Waals surface area contributed by atoms with Crippen molar-refractivity contribution in [2.45, 2.75) is 19.8 Å². The lowest BCUT2D eigenvalue weighted by Crippen LogP contribution is -2.08. The van der Waals surface area contributed by atoms with Crippen molar-refractivity contribution in [3.63, 3.8) is 0 Å². The lowest BCUT2D eigenvalue weighted by Gasteiger charge is -2.11. The Balaban J connectivity index is 1.85. The van der Waals surface area contributed by atoms with Gasteiger partial charge in [-0.2, -0.15) is 0 Å². The number of esters is 1. The van der Waals surface area contributed by atoms with Gasteiger partial charge in [0, 0.05) is 10.5 Å². The molecule has 0 bridgehead atoms. The summed E-state index contributed by atoms with van der Waals surface area (Å²) in [6.07, 6.45) is 5.41. The van der Waals surface area contributed by atoms with Crippen LogP contribution in [0.15, 0.2) is 47.2 Å². The van der Waals surface area contributed by atoms with Crippen molar-refractivity contribution in [1.82, 2.24) is 4.98 Å². The smallest absolute Gasteiger partial charge is 0.341 e. The van der Waals surface area contributed by atoms with E-state index in [1.165, 1.54) is 0 Å². The first-order valence-electron chi connectivity index (χ1n) is 7.80. The summed E-state index contributed by atoms with van der Waals surface area (Å²) in [6.45, 7) is 2.46. The molecule has 0 amide bonds. The molecule has 0 atom stereocenters. The number of unbranched alkanes of at least 4 members (excludes halogenated alkanes) is 1. The number of H-pyrrole nitrogens is 2. The molecule has 0 spiro atoms. The minimum atomic E-state index is -0.377. The molecule has 3 rings (SSSR count). The summed E-state index contributed by atoms with van der Waals surface area (Å²) in [4.78, 5) is 18.5. The van der Waals surface area contributed by atoms with Crippen molar-refractivity contribution in [3.8, 4) is 11.5 Å². The molecule has 0 aliphatic carbocycles. The van der Waals surface area contributed by atoms with Crippen LogP contribution in [0.3, 0.4) is 0 Å². The third kappa shape index (κ3) is 3.76. The van der Waals surface area contributed by atoms with E-state index in [-0.39, 0.29) is 5.97 Å². The molecule has 2 N–H and O–H groups in total. The largest absolute Gasteiger partial charge is 0.462 e. The number of hydrogen-bond donors (Lipinski definition) is 1. The second kappa shape index (κ2) is 7.49. The quantitative estimate of drug-likeness (QED) is 0.498. The van der Waals surface area contributed by atoms with Gasteiger partial charge in [0.25, 0.3) is 5.65 Å². The molecule has 0 saturated carbocycles. The van der Waals surface area contributed by atoms with E-state index in [0.29, 0.717) is 23.7 Å². The van der Waals surface area contributed by atoms with Crippen molar-refractivity contribution in [3.05, 3.63) is 52.8 Å². The first-order valence-corrected chi connectivity index (χ1v) is 8.60. The number of aromatic nitrogens is 2. The van der Waals surface area contributed by atoms with Gasteiger partial charge in [-0.3, -0.25) is 0 Å². The Hall–Kier alpha value is -2.34. The van der Waals surface area contributed by atoms with Gasteiger partial charge in [-0.25, -0.2) is 14.8 Å². The number of fused-ring (bicyclic) bond motifs is 1. The van der Waals surface area contributed by atoms with Crippen LogP contribution in [0.25, 0.3) is 11.0 Å². The fourth-order valence-corrected chi connectivity index (χ4v) is 2.63. The highest BCUT2D eigenvalue weighted by Gasteiger charge is 2.16. The van der Waals surface area contributed by atoms with Gasteiger partial charge in [0.1, 0.15) is 17.5 Å². The number of ether oxygens (including phenoxy) is 2. The Kier molecular flexibility index (Phi) is 5.15. The van der Waals surface area contributed by atoms with E-state index >= 15 is 0 Å². The van der Waals surface area contributed by atoms with Gasteiger partial charge in [0.15, 0.2) is 5.75 Å². The van der Waals surface area contributed by atoms with E-state index in [2.05, 4.69) is 32.8 Å². The Morgan fingerprint density at radius 3 is 3.00 bits per heavy atom. The van der Waals surface area contributed by atoms with Crippen LogP contribution in [0.4, 0.5) is 0 Å². The van der Waals surface area contributed by atoms with Crippen LogP contribution in [0.2, 0.25) is 0 Å². The van der Waals surface area contributed by atoms with Crippen LogP contribution in [-0.2, 0) is 4.74 Å². The number of nitrogens with one attached hydrogen (secondary N) is 2. The number of aromatic amines is 2. The molecule has 1 aromatic carbocycles. The van der Waals surface area contributed by atoms with Crippen LogP contribution in [0.5, 0.6) is 11.5 Å². The van der Waals surface area contributed by atoms with Gasteiger partial charge in [-0.15, -0.1) is 0 Å². The third-order valence-electron chi connectivity index (χ3n) is 3.56. The molecule has 0 aliphatic heterocycles. The monoisotopic (exact) mass is 389 g/mol. The molecule has 3 aromatic rings. The molecule has 0 unspecified atom stereocenters. The number of benzene rings is 1. The van der Waals surface area contributed by atoms with Crippen LogP contribution in [-0.4, -0.2) is 17.6 Å². The predicted octanol–water partition coefficient (Wildman–Crippen LogP) is 4.49. The van der Waals surface area contributed by atoms with Gasteiger partial charge in [0.2, 0.25) is 0 Å². The highest BCUT2D eigenvalue weighted by molar-refractivity contribution is 9.10. The highest BCUT2D eigenvalue weighted by atomic mass is 79.9. The Morgan fingerprint density at radius 2 is 2.17 bits per heavy atom. The lowest BCUT2D eigenvalue weighted by atomic mass is 10.2. The fourth-order valence-electron chi connectivity index (χ4n) is 2.29. The zero-order chi connectivity index (χ0) is 16.9. The molecule has 2 heterocycles. The molecule has 0 saturated heterocycles. The van der Waals surface area contributed by atoms with Crippen LogP contribution in [0.1, 0.15) is 30.1 Å². The van der Waals surface area contributed by atoms with Gasteiger partial charge in [-0.05, 0) is 30.7 Å². The van der Waals surface area contributed by atoms with Gasteiger partial charge in [-0.1, -0.05) is 29.3 Å². The minimum absolute atomic E-state index is 0.377. The molecular formula is C18H18BrN2O3+. The molecule has 2 aromatic heterocycles. The van der Waals surface area contributed by atoms with E-state index in [0.717, 1.165) is 28.3 Å². The standard InChI is InChI=1S/C18H17BrN2O3/c1-2-3-8-23-18(22)15-5-4-13(19)10-16(15)24-14-9-12-6-7-20-17(12)21-11-14/h4-7,9-11H,2-3,8H2,1H3,(H,20,21)/p+1. The summed E-state index contributed by atoms with van der Waals surface area (Å²) in [6, 6.07) is 9.10. The van der Waals surface area contributed by atoms with Gasteiger partial charge >= 0.3 is 5.97 Å². The summed E-state index contributed by atoms with van der Waals surface area (Å²) in [5, 5.41) is 0.995. The summed E-state index contributed by atoms with van der Waals surface area (Å²) < 4.78 is 12.0. The first-order chi connectivity index (χ1) is 11.7. The summed E-state index contributed by atoms with van der Waals surface area (Å²) in [5.41, 5.74) is 1.32. The fraction of sp³-hybridized carbons (Fsp3) is 0.222. The van der Waals surface area contributed by atoms with Crippen molar-refractivity contribution < 1.29 is 19.3 Å². The van der Waals surface area contributed by atoms with Crippen LogP contribution < -0.4 is 9.72 Å². The predicted molar refractivity (Wildman–Crippen MR) is 94.3 cm³/mol. The molecule has 5 nitrogen and oxygen atoms in total. The van der Waals surface area contributed by atoms with Gasteiger partial charge in [0.05, 0.1) is 18.2 Å². The zero-order valence-electron chi connectivity index (χ0n) is 13.3. The number of carbonyl (C=O) groups is 1. The molecule has 24 heavy (non-hydrogen) atoms. The number of rotatable bonds is 6. The van der Waals surface area contributed by atoms with E-state index < -0.39 is 0 Å². The van der Waals surface area contributed by atoms with Crippen LogP contribution >= 0.6 is 15.9 Å². The Bertz CT molecular complexity index is 860. The van der Waals surface area contributed by atoms with E-state index in [4.69, 9.17) is 9.47 Å². The Morgan fingerprint density at radius 1 is 1.29 bits per heavy atom. The van der Waals surface area contributed by atoms with Crippen molar-refractivity contribution in [2.75, 3.05) is 6.61 Å². The number of pyridine rings is 1. The van der Waals surface area contributed by atoms with Crippen molar-refractivity contribution >= 4 is 32.9 Å². The molecular weight excluding hydrogens is 372 g/mol. The average Bonchev–Trinajstić information content (AvgIpc) is 3.03. The first kappa shape index (κ1) is 16.5. The zero-order valence-corrected chi connectivity index (χ0v) is 14.9. The normalized spacial score (nSPS) is 10.8. The molecule has 0 radical (unpaired) electrons. The maximum absolute atomic E-state index is 12.3. The summed E-state index contributed by atoms with van der Waals surface area (Å²) >= 11 is 3.41. The second-order valence-corrected chi connectivity index (χ2v) is 6.29. The number of halogens is 1. The van der Waals surface area contributed by atoms with E-state index in [1.807, 2.05) is 18.3 Å².